The van der Waals surface area contributed by atoms with Crippen molar-refractivity contribution in [2.75, 3.05) is 5.43 Å². The summed E-state index contributed by atoms with van der Waals surface area (Å²) in [4.78, 5) is 27.0. The van der Waals surface area contributed by atoms with Gasteiger partial charge in [-0.2, -0.15) is 5.01 Å². The molecule has 1 fully saturated rings. The minimum Gasteiger partial charge on any atom is -0.289 e. The maximum Gasteiger partial charge on any atom is 0.253 e. The summed E-state index contributed by atoms with van der Waals surface area (Å²) in [5.74, 6) is -1.48. The largest absolute Gasteiger partial charge is 0.289 e. The zero-order chi connectivity index (χ0) is 20.5. The number of anilines is 1. The predicted octanol–water partition coefficient (Wildman–Crippen LogP) is 4.75. The normalized spacial score (nSPS) is 25.3. The second-order valence-corrected chi connectivity index (χ2v) is 7.80. The average Bonchev–Trinajstić information content (AvgIpc) is 3.06. The number of fused-ring (bicyclic) bond motifs is 1. The van der Waals surface area contributed by atoms with Crippen LogP contribution in [-0.2, 0) is 9.59 Å². The van der Waals surface area contributed by atoms with Crippen LogP contribution >= 0.6 is 0 Å². The van der Waals surface area contributed by atoms with Crippen LogP contribution in [0.2, 0.25) is 0 Å². The molecule has 1 N–H and O–H groups in total. The lowest BCUT2D eigenvalue weighted by atomic mass is 9.68. The van der Waals surface area contributed by atoms with Gasteiger partial charge in [0, 0.05) is 11.8 Å². The van der Waals surface area contributed by atoms with Crippen LogP contribution in [0.1, 0.15) is 23.0 Å². The Hall–Kier alpha value is -3.66. The molecule has 0 unspecified atom stereocenters. The van der Waals surface area contributed by atoms with Crippen molar-refractivity contribution in [3.05, 3.63) is 114 Å². The number of hydrogen-bond acceptors (Lipinski definition) is 3. The molecule has 2 amide bonds. The fraction of sp³-hybridized carbons (Fsp3) is 0.154. The third kappa shape index (κ3) is 3.11. The predicted molar refractivity (Wildman–Crippen MR) is 116 cm³/mol. The summed E-state index contributed by atoms with van der Waals surface area (Å²) in [6, 6.07) is 29.3. The third-order valence-corrected chi connectivity index (χ3v) is 6.08. The molecular formula is C26H22N2O2. The molecule has 30 heavy (non-hydrogen) atoms. The van der Waals surface area contributed by atoms with Crippen LogP contribution in [0.5, 0.6) is 0 Å². The topological polar surface area (TPSA) is 49.4 Å². The molecule has 148 valence electrons. The van der Waals surface area contributed by atoms with Crippen molar-refractivity contribution in [1.82, 2.24) is 5.01 Å². The molecule has 4 atom stereocenters. The number of nitrogens with zero attached hydrogens (tertiary/aromatic N) is 1. The molecule has 1 heterocycles. The number of hydrazine groups is 1. The van der Waals surface area contributed by atoms with Gasteiger partial charge in [-0.25, -0.2) is 0 Å². The first-order valence-electron chi connectivity index (χ1n) is 10.2. The quantitative estimate of drug-likeness (QED) is 0.513. The second kappa shape index (κ2) is 7.64. The molecular weight excluding hydrogens is 372 g/mol. The van der Waals surface area contributed by atoms with Crippen LogP contribution in [0.15, 0.2) is 103 Å². The van der Waals surface area contributed by atoms with Crippen molar-refractivity contribution in [3.63, 3.8) is 0 Å². The van der Waals surface area contributed by atoms with Gasteiger partial charge in [-0.05, 0) is 23.3 Å². The summed E-state index contributed by atoms with van der Waals surface area (Å²) >= 11 is 0. The Morgan fingerprint density at radius 2 is 0.967 bits per heavy atom. The van der Waals surface area contributed by atoms with Gasteiger partial charge < -0.3 is 0 Å². The smallest absolute Gasteiger partial charge is 0.253 e. The molecule has 3 aromatic carbocycles. The van der Waals surface area contributed by atoms with Crippen molar-refractivity contribution in [1.29, 1.82) is 0 Å². The van der Waals surface area contributed by atoms with Gasteiger partial charge in [-0.3, -0.25) is 15.0 Å². The molecule has 0 aromatic heterocycles. The third-order valence-electron chi connectivity index (χ3n) is 6.08. The van der Waals surface area contributed by atoms with Crippen LogP contribution in [0.4, 0.5) is 5.69 Å². The van der Waals surface area contributed by atoms with Crippen molar-refractivity contribution >= 4 is 17.5 Å². The molecule has 4 heteroatoms. The SMILES string of the molecule is O=C1[C@@H]2[C@H](C(=O)N1Nc1ccccc1)[C@@H](c1ccccc1)C=C[C@@H]2c1ccccc1. The first-order chi connectivity index (χ1) is 14.7. The number of benzene rings is 3. The molecule has 1 aliphatic heterocycles. The van der Waals surface area contributed by atoms with E-state index in [4.69, 9.17) is 0 Å². The van der Waals surface area contributed by atoms with Gasteiger partial charge in [-0.1, -0.05) is 91.0 Å². The van der Waals surface area contributed by atoms with Gasteiger partial charge in [-0.15, -0.1) is 0 Å². The maximum absolute atomic E-state index is 13.5. The molecule has 5 rings (SSSR count). The number of carbonyl (C=O) groups excluding carboxylic acids is 2. The highest BCUT2D eigenvalue weighted by molar-refractivity contribution is 6.07. The zero-order valence-corrected chi connectivity index (χ0v) is 16.4. The minimum atomic E-state index is -0.439. The molecule has 2 aliphatic rings. The Balaban J connectivity index is 1.57. The molecule has 0 radical (unpaired) electrons. The Morgan fingerprint density at radius 1 is 0.567 bits per heavy atom. The average molecular weight is 394 g/mol. The van der Waals surface area contributed by atoms with E-state index in [1.807, 2.05) is 91.0 Å². The molecule has 0 saturated carbocycles. The number of nitrogens with one attached hydrogen (secondary N) is 1. The maximum atomic E-state index is 13.5. The fourth-order valence-electron chi connectivity index (χ4n) is 4.69. The summed E-state index contributed by atoms with van der Waals surface area (Å²) in [5, 5.41) is 1.23. The Kier molecular flexibility index (Phi) is 4.68. The van der Waals surface area contributed by atoms with E-state index in [1.165, 1.54) is 5.01 Å². The molecule has 1 aliphatic carbocycles. The highest BCUT2D eigenvalue weighted by Gasteiger charge is 2.55. The van der Waals surface area contributed by atoms with Crippen LogP contribution in [0, 0.1) is 11.8 Å². The monoisotopic (exact) mass is 394 g/mol. The number of carbonyl (C=O) groups is 2. The minimum absolute atomic E-state index is 0.129. The highest BCUT2D eigenvalue weighted by atomic mass is 16.2. The Morgan fingerprint density at radius 3 is 1.40 bits per heavy atom. The Labute approximate surface area is 175 Å². The summed E-state index contributed by atoms with van der Waals surface area (Å²) < 4.78 is 0. The van der Waals surface area contributed by atoms with Gasteiger partial charge >= 0.3 is 0 Å². The van der Waals surface area contributed by atoms with Gasteiger partial charge in [0.2, 0.25) is 0 Å². The van der Waals surface area contributed by atoms with E-state index in [9.17, 15) is 9.59 Å². The van der Waals surface area contributed by atoms with Crippen LogP contribution in [0.3, 0.4) is 0 Å². The fourth-order valence-corrected chi connectivity index (χ4v) is 4.69. The molecule has 0 bridgehead atoms. The van der Waals surface area contributed by atoms with E-state index >= 15 is 0 Å². The number of imide groups is 1. The number of hydrogen-bond donors (Lipinski definition) is 1. The van der Waals surface area contributed by atoms with E-state index in [0.29, 0.717) is 0 Å². The van der Waals surface area contributed by atoms with Crippen LogP contribution < -0.4 is 5.43 Å². The van der Waals surface area contributed by atoms with Gasteiger partial charge in [0.05, 0.1) is 17.5 Å². The number of amides is 2. The lowest BCUT2D eigenvalue weighted by Gasteiger charge is -2.32. The Bertz CT molecular complexity index is 1010. The van der Waals surface area contributed by atoms with E-state index in [0.717, 1.165) is 16.8 Å². The van der Waals surface area contributed by atoms with Gasteiger partial charge in [0.1, 0.15) is 0 Å². The lowest BCUT2D eigenvalue weighted by Crippen LogP contribution is -2.37. The summed E-state index contributed by atoms with van der Waals surface area (Å²) in [6.45, 7) is 0. The van der Waals surface area contributed by atoms with E-state index in [1.54, 1.807) is 0 Å². The molecule has 3 aromatic rings. The zero-order valence-electron chi connectivity index (χ0n) is 16.4. The molecule has 4 nitrogen and oxygen atoms in total. The van der Waals surface area contributed by atoms with E-state index in [2.05, 4.69) is 17.6 Å². The van der Waals surface area contributed by atoms with Gasteiger partial charge in [0.25, 0.3) is 11.8 Å². The number of allylic oxidation sites excluding steroid dienone is 2. The van der Waals surface area contributed by atoms with Crippen LogP contribution in [0.25, 0.3) is 0 Å². The van der Waals surface area contributed by atoms with E-state index < -0.39 is 11.8 Å². The second-order valence-electron chi connectivity index (χ2n) is 7.80. The van der Waals surface area contributed by atoms with E-state index in [-0.39, 0.29) is 23.7 Å². The first-order valence-corrected chi connectivity index (χ1v) is 10.2. The highest BCUT2D eigenvalue weighted by Crippen LogP contribution is 2.49. The summed E-state index contributed by atoms with van der Waals surface area (Å²) in [6.07, 6.45) is 4.21. The van der Waals surface area contributed by atoms with Crippen molar-refractivity contribution in [2.45, 2.75) is 11.8 Å². The van der Waals surface area contributed by atoms with Crippen molar-refractivity contribution in [3.8, 4) is 0 Å². The van der Waals surface area contributed by atoms with Crippen molar-refractivity contribution in [2.24, 2.45) is 11.8 Å². The summed E-state index contributed by atoms with van der Waals surface area (Å²) in [5.41, 5.74) is 5.88. The van der Waals surface area contributed by atoms with Gasteiger partial charge in [0.15, 0.2) is 0 Å². The standard InChI is InChI=1S/C26H22N2O2/c29-25-23-21(18-10-4-1-5-11-18)16-17-22(19-12-6-2-7-13-19)24(23)26(30)28(25)27-20-14-8-3-9-15-20/h1-17,21-24,27H/t21-,22-,23-,24+/m1/s1. The number of para-hydroxylation sites is 1. The van der Waals surface area contributed by atoms with Crippen LogP contribution in [-0.4, -0.2) is 16.8 Å². The van der Waals surface area contributed by atoms with Crippen molar-refractivity contribution < 1.29 is 9.59 Å². The summed E-state index contributed by atoms with van der Waals surface area (Å²) in [7, 11) is 0. The lowest BCUT2D eigenvalue weighted by molar-refractivity contribution is -0.138. The molecule has 0 spiro atoms. The number of rotatable bonds is 4. The molecule has 1 saturated heterocycles. The first kappa shape index (κ1) is 18.4.